The van der Waals surface area contributed by atoms with Crippen molar-refractivity contribution in [3.63, 3.8) is 0 Å². The molecular formula is C18H31F2NO. The summed E-state index contributed by atoms with van der Waals surface area (Å²) in [5.74, 6) is 2.83. The summed E-state index contributed by atoms with van der Waals surface area (Å²) in [5.41, 5.74) is 0. The van der Waals surface area contributed by atoms with Crippen LogP contribution in [0, 0.1) is 23.7 Å². The number of hydrogen-bond donors (Lipinski definition) is 0. The van der Waals surface area contributed by atoms with E-state index in [2.05, 4.69) is 11.8 Å². The van der Waals surface area contributed by atoms with Crippen molar-refractivity contribution in [2.45, 2.75) is 65.4 Å². The van der Waals surface area contributed by atoms with Crippen molar-refractivity contribution >= 4 is 0 Å². The van der Waals surface area contributed by atoms with Crippen molar-refractivity contribution in [3.8, 4) is 11.8 Å². The van der Waals surface area contributed by atoms with Crippen LogP contribution in [0.1, 0.15) is 53.4 Å². The van der Waals surface area contributed by atoms with Crippen LogP contribution in [0.25, 0.3) is 0 Å². The van der Waals surface area contributed by atoms with Gasteiger partial charge in [0, 0.05) is 13.0 Å². The average molecular weight is 315 g/mol. The highest BCUT2D eigenvalue weighted by Crippen LogP contribution is 2.23. The van der Waals surface area contributed by atoms with Crippen LogP contribution in [0.2, 0.25) is 0 Å². The second-order valence-electron chi connectivity index (χ2n) is 7.03. The first-order valence-electron chi connectivity index (χ1n) is 8.50. The molecule has 0 N–H and O–H groups in total. The molecule has 1 aliphatic heterocycles. The highest BCUT2D eigenvalue weighted by Gasteiger charge is 2.31. The van der Waals surface area contributed by atoms with Gasteiger partial charge < -0.3 is 4.74 Å². The third kappa shape index (κ3) is 8.70. The topological polar surface area (TPSA) is 12.5 Å². The van der Waals surface area contributed by atoms with Gasteiger partial charge in [0.2, 0.25) is 0 Å². The van der Waals surface area contributed by atoms with E-state index in [-0.39, 0.29) is 12.6 Å². The molecule has 1 aliphatic rings. The van der Waals surface area contributed by atoms with Gasteiger partial charge in [0.05, 0.1) is 12.6 Å². The summed E-state index contributed by atoms with van der Waals surface area (Å²) >= 11 is 0. The van der Waals surface area contributed by atoms with E-state index in [1.54, 1.807) is 0 Å². The van der Waals surface area contributed by atoms with Gasteiger partial charge in [0.1, 0.15) is 0 Å². The summed E-state index contributed by atoms with van der Waals surface area (Å²) in [6.45, 7) is 10.1. The smallest absolute Gasteiger partial charge is 0.320 e. The van der Waals surface area contributed by atoms with Crippen molar-refractivity contribution in [1.82, 2.24) is 4.90 Å². The maximum Gasteiger partial charge on any atom is 0.320 e. The van der Waals surface area contributed by atoms with Crippen molar-refractivity contribution < 1.29 is 13.5 Å². The highest BCUT2D eigenvalue weighted by atomic mass is 19.3. The third-order valence-electron chi connectivity index (χ3n) is 3.89. The van der Waals surface area contributed by atoms with Crippen LogP contribution < -0.4 is 0 Å². The van der Waals surface area contributed by atoms with Crippen LogP contribution in [-0.2, 0) is 4.74 Å². The predicted molar refractivity (Wildman–Crippen MR) is 87.0 cm³/mol. The Hall–Kier alpha value is -0.660. The zero-order valence-electron chi connectivity index (χ0n) is 14.5. The van der Waals surface area contributed by atoms with Gasteiger partial charge >= 0.3 is 5.92 Å². The number of piperidine rings is 1. The van der Waals surface area contributed by atoms with E-state index in [1.807, 2.05) is 32.6 Å². The molecule has 0 aromatic carbocycles. The van der Waals surface area contributed by atoms with Crippen LogP contribution in [0.15, 0.2) is 0 Å². The Kier molecular flexibility index (Phi) is 8.35. The van der Waals surface area contributed by atoms with Gasteiger partial charge in [0.25, 0.3) is 0 Å². The Labute approximate surface area is 134 Å². The summed E-state index contributed by atoms with van der Waals surface area (Å²) in [7, 11) is 0. The van der Waals surface area contributed by atoms with Gasteiger partial charge in [-0.15, -0.1) is 0 Å². The van der Waals surface area contributed by atoms with E-state index in [9.17, 15) is 8.78 Å². The predicted octanol–water partition coefficient (Wildman–Crippen LogP) is 4.20. The minimum atomic E-state index is -2.89. The zero-order valence-corrected chi connectivity index (χ0v) is 14.5. The molecule has 0 atom stereocenters. The van der Waals surface area contributed by atoms with E-state index < -0.39 is 5.92 Å². The summed E-state index contributed by atoms with van der Waals surface area (Å²) in [5, 5.41) is 0. The molecule has 0 amide bonds. The van der Waals surface area contributed by atoms with Gasteiger partial charge in [-0.05, 0) is 64.0 Å². The second-order valence-corrected chi connectivity index (χ2v) is 7.03. The van der Waals surface area contributed by atoms with E-state index in [1.165, 1.54) is 0 Å². The summed E-state index contributed by atoms with van der Waals surface area (Å²) in [6.07, 6.45) is 3.81. The van der Waals surface area contributed by atoms with Crippen LogP contribution in [0.4, 0.5) is 8.78 Å². The van der Waals surface area contributed by atoms with E-state index in [4.69, 9.17) is 4.74 Å². The average Bonchev–Trinajstić information content (AvgIpc) is 2.39. The third-order valence-corrected chi connectivity index (χ3v) is 3.89. The van der Waals surface area contributed by atoms with Crippen LogP contribution in [-0.4, -0.2) is 43.2 Å². The molecular weight excluding hydrogens is 284 g/mol. The Balaban J connectivity index is 2.27. The van der Waals surface area contributed by atoms with Crippen molar-refractivity contribution in [1.29, 1.82) is 0 Å². The molecule has 128 valence electrons. The molecule has 0 bridgehead atoms. The van der Waals surface area contributed by atoms with Crippen LogP contribution in [0.3, 0.4) is 0 Å². The maximum atomic E-state index is 13.8. The lowest BCUT2D eigenvalue weighted by Gasteiger charge is -2.33. The van der Waals surface area contributed by atoms with Gasteiger partial charge in [0.15, 0.2) is 0 Å². The number of nitrogens with zero attached hydrogens (tertiary/aromatic N) is 1. The van der Waals surface area contributed by atoms with E-state index >= 15 is 0 Å². The Morgan fingerprint density at radius 2 is 1.82 bits per heavy atom. The monoisotopic (exact) mass is 315 g/mol. The van der Waals surface area contributed by atoms with Gasteiger partial charge in [-0.1, -0.05) is 19.8 Å². The number of alkyl halides is 2. The highest BCUT2D eigenvalue weighted by molar-refractivity contribution is 5.10. The fourth-order valence-corrected chi connectivity index (χ4v) is 2.61. The van der Waals surface area contributed by atoms with Crippen molar-refractivity contribution in [2.24, 2.45) is 11.8 Å². The molecule has 0 aromatic heterocycles. The van der Waals surface area contributed by atoms with Gasteiger partial charge in [-0.2, -0.15) is 8.78 Å². The molecule has 0 aromatic rings. The Morgan fingerprint density at radius 1 is 1.18 bits per heavy atom. The van der Waals surface area contributed by atoms with Crippen LogP contribution in [0.5, 0.6) is 0 Å². The quantitative estimate of drug-likeness (QED) is 0.653. The summed E-state index contributed by atoms with van der Waals surface area (Å²) in [4.78, 5) is 1.85. The lowest BCUT2D eigenvalue weighted by Crippen LogP contribution is -2.41. The normalized spacial score (nSPS) is 17.8. The minimum Gasteiger partial charge on any atom is -0.379 e. The SMILES string of the molecule is CC(C)CC#CC(F)(F)CN1CCC(CCOC(C)C)CC1. The maximum absolute atomic E-state index is 13.8. The van der Waals surface area contributed by atoms with Crippen molar-refractivity contribution in [3.05, 3.63) is 0 Å². The molecule has 0 radical (unpaired) electrons. The molecule has 0 spiro atoms. The first-order valence-corrected chi connectivity index (χ1v) is 8.50. The van der Waals surface area contributed by atoms with Gasteiger partial charge in [-0.25, -0.2) is 0 Å². The number of likely N-dealkylation sites (tertiary alicyclic amines) is 1. The fourth-order valence-electron chi connectivity index (χ4n) is 2.61. The first kappa shape index (κ1) is 19.4. The molecule has 1 rings (SSSR count). The number of ether oxygens (including phenoxy) is 1. The molecule has 1 fully saturated rings. The number of halogens is 2. The second kappa shape index (κ2) is 9.47. The zero-order chi connectivity index (χ0) is 16.6. The molecule has 2 nitrogen and oxygen atoms in total. The lowest BCUT2D eigenvalue weighted by atomic mass is 9.93. The number of rotatable bonds is 7. The minimum absolute atomic E-state index is 0.229. The van der Waals surface area contributed by atoms with Gasteiger partial charge in [-0.3, -0.25) is 4.90 Å². The summed E-state index contributed by atoms with van der Waals surface area (Å²) < 4.78 is 33.2. The largest absolute Gasteiger partial charge is 0.379 e. The molecule has 1 heterocycles. The first-order chi connectivity index (χ1) is 10.3. The Morgan fingerprint density at radius 3 is 2.36 bits per heavy atom. The molecule has 0 aliphatic carbocycles. The Bertz CT molecular complexity index is 363. The molecule has 0 unspecified atom stereocenters. The number of hydrogen-bond acceptors (Lipinski definition) is 2. The fraction of sp³-hybridized carbons (Fsp3) is 0.889. The lowest BCUT2D eigenvalue weighted by molar-refractivity contribution is 0.00734. The molecule has 1 saturated heterocycles. The molecule has 22 heavy (non-hydrogen) atoms. The van der Waals surface area contributed by atoms with E-state index in [0.29, 0.717) is 18.3 Å². The van der Waals surface area contributed by atoms with Crippen molar-refractivity contribution in [2.75, 3.05) is 26.2 Å². The molecule has 0 saturated carbocycles. The molecule has 4 heteroatoms. The standard InChI is InChI=1S/C18H31F2NO/c1-15(2)6-5-10-18(19,20)14-21-11-7-17(8-12-21)9-13-22-16(3)4/h15-17H,6-9,11-14H2,1-4H3. The van der Waals surface area contributed by atoms with E-state index in [0.717, 1.165) is 39.0 Å². The summed E-state index contributed by atoms with van der Waals surface area (Å²) in [6, 6.07) is 0. The van der Waals surface area contributed by atoms with Crippen LogP contribution >= 0.6 is 0 Å².